The summed E-state index contributed by atoms with van der Waals surface area (Å²) in [7, 11) is -3.73. The lowest BCUT2D eigenvalue weighted by Crippen LogP contribution is -2.41. The van der Waals surface area contributed by atoms with Crippen molar-refractivity contribution in [2.24, 2.45) is 5.92 Å². The highest BCUT2D eigenvalue weighted by atomic mass is 32.2. The van der Waals surface area contributed by atoms with Crippen molar-refractivity contribution >= 4 is 15.9 Å². The lowest BCUT2D eigenvalue weighted by Gasteiger charge is -2.20. The third-order valence-corrected chi connectivity index (χ3v) is 4.80. The van der Waals surface area contributed by atoms with Crippen LogP contribution in [0.15, 0.2) is 29.2 Å². The van der Waals surface area contributed by atoms with Crippen LogP contribution in [0, 0.1) is 5.92 Å². The summed E-state index contributed by atoms with van der Waals surface area (Å²) in [5.41, 5.74) is 0.0743. The zero-order valence-electron chi connectivity index (χ0n) is 13.2. The number of aliphatic hydroxyl groups is 1. The Morgan fingerprint density at radius 3 is 2.45 bits per heavy atom. The molecule has 6 nitrogen and oxygen atoms in total. The standard InChI is InChI=1S/C15H24N2O4S/c1-4-9-16-22(20,21)14-8-6-5-7-12(14)15(19)17-13(10-18)11(2)3/h5-8,11,13,16,18H,4,9-10H2,1-3H3,(H,17,19)/t13-/m1/s1. The predicted molar refractivity (Wildman–Crippen MR) is 85.1 cm³/mol. The smallest absolute Gasteiger partial charge is 0.252 e. The van der Waals surface area contributed by atoms with Gasteiger partial charge in [-0.05, 0) is 24.5 Å². The fourth-order valence-electron chi connectivity index (χ4n) is 1.87. The van der Waals surface area contributed by atoms with Crippen LogP contribution in [0.5, 0.6) is 0 Å². The Bertz CT molecular complexity index is 599. The molecule has 0 fully saturated rings. The summed E-state index contributed by atoms with van der Waals surface area (Å²) in [4.78, 5) is 12.3. The molecule has 0 aliphatic rings. The third-order valence-electron chi connectivity index (χ3n) is 3.28. The first kappa shape index (κ1) is 18.6. The number of hydrogen-bond donors (Lipinski definition) is 3. The summed E-state index contributed by atoms with van der Waals surface area (Å²) >= 11 is 0. The van der Waals surface area contributed by atoms with Crippen molar-refractivity contribution in [3.63, 3.8) is 0 Å². The van der Waals surface area contributed by atoms with Gasteiger partial charge in [0, 0.05) is 6.54 Å². The number of carbonyl (C=O) groups excluding carboxylic acids is 1. The van der Waals surface area contributed by atoms with Gasteiger partial charge in [0.25, 0.3) is 5.91 Å². The SMILES string of the molecule is CCCNS(=O)(=O)c1ccccc1C(=O)N[C@H](CO)C(C)C. The lowest BCUT2D eigenvalue weighted by atomic mass is 10.0. The maximum absolute atomic E-state index is 12.3. The van der Waals surface area contributed by atoms with E-state index in [0.29, 0.717) is 13.0 Å². The Balaban J connectivity index is 3.08. The molecule has 0 saturated carbocycles. The van der Waals surface area contributed by atoms with Crippen LogP contribution in [-0.2, 0) is 10.0 Å². The van der Waals surface area contributed by atoms with E-state index in [9.17, 15) is 18.3 Å². The highest BCUT2D eigenvalue weighted by Gasteiger charge is 2.23. The van der Waals surface area contributed by atoms with Gasteiger partial charge in [-0.1, -0.05) is 32.9 Å². The number of nitrogens with one attached hydrogen (secondary N) is 2. The van der Waals surface area contributed by atoms with Crippen molar-refractivity contribution < 1.29 is 18.3 Å². The van der Waals surface area contributed by atoms with Crippen molar-refractivity contribution in [3.8, 4) is 0 Å². The minimum atomic E-state index is -3.73. The van der Waals surface area contributed by atoms with Crippen molar-refractivity contribution in [1.82, 2.24) is 10.0 Å². The molecule has 1 aromatic carbocycles. The molecule has 1 atom stereocenters. The fourth-order valence-corrected chi connectivity index (χ4v) is 3.21. The Kier molecular flexibility index (Phi) is 6.99. The predicted octanol–water partition coefficient (Wildman–Crippen LogP) is 1.12. The molecule has 0 aliphatic heterocycles. The molecular formula is C15H24N2O4S. The summed E-state index contributed by atoms with van der Waals surface area (Å²) < 4.78 is 27.0. The Labute approximate surface area is 132 Å². The maximum Gasteiger partial charge on any atom is 0.252 e. The van der Waals surface area contributed by atoms with Crippen LogP contribution in [0.1, 0.15) is 37.6 Å². The molecule has 1 aromatic rings. The highest BCUT2D eigenvalue weighted by Crippen LogP contribution is 2.16. The molecule has 0 unspecified atom stereocenters. The topological polar surface area (TPSA) is 95.5 Å². The molecule has 0 saturated heterocycles. The van der Waals surface area contributed by atoms with Crippen molar-refractivity contribution in [2.75, 3.05) is 13.2 Å². The second kappa shape index (κ2) is 8.26. The van der Waals surface area contributed by atoms with Crippen molar-refractivity contribution in [2.45, 2.75) is 38.1 Å². The van der Waals surface area contributed by atoms with E-state index in [0.717, 1.165) is 0 Å². The van der Waals surface area contributed by atoms with E-state index < -0.39 is 22.0 Å². The van der Waals surface area contributed by atoms with Gasteiger partial charge in [-0.25, -0.2) is 13.1 Å². The molecule has 0 spiro atoms. The molecule has 124 valence electrons. The van der Waals surface area contributed by atoms with E-state index in [1.165, 1.54) is 12.1 Å². The molecule has 1 amide bonds. The maximum atomic E-state index is 12.3. The number of hydrogen-bond acceptors (Lipinski definition) is 4. The zero-order chi connectivity index (χ0) is 16.8. The van der Waals surface area contributed by atoms with E-state index in [1.807, 2.05) is 20.8 Å². The van der Waals surface area contributed by atoms with Crippen LogP contribution >= 0.6 is 0 Å². The molecule has 1 rings (SSSR count). The van der Waals surface area contributed by atoms with E-state index in [4.69, 9.17) is 0 Å². The largest absolute Gasteiger partial charge is 0.394 e. The lowest BCUT2D eigenvalue weighted by molar-refractivity contribution is 0.0893. The number of carbonyl (C=O) groups is 1. The average Bonchev–Trinajstić information content (AvgIpc) is 2.50. The average molecular weight is 328 g/mol. The van der Waals surface area contributed by atoms with Gasteiger partial charge in [-0.2, -0.15) is 0 Å². The van der Waals surface area contributed by atoms with Crippen LogP contribution in [0.3, 0.4) is 0 Å². The first-order valence-electron chi connectivity index (χ1n) is 7.33. The van der Waals surface area contributed by atoms with E-state index in [1.54, 1.807) is 12.1 Å². The summed E-state index contributed by atoms with van der Waals surface area (Å²) in [5, 5.41) is 12.0. The molecule has 0 radical (unpaired) electrons. The van der Waals surface area contributed by atoms with Crippen molar-refractivity contribution in [3.05, 3.63) is 29.8 Å². The van der Waals surface area contributed by atoms with E-state index >= 15 is 0 Å². The molecule has 0 heterocycles. The molecule has 0 aliphatic carbocycles. The van der Waals surface area contributed by atoms with Crippen molar-refractivity contribution in [1.29, 1.82) is 0 Å². The van der Waals surface area contributed by atoms with Gasteiger partial charge in [-0.15, -0.1) is 0 Å². The minimum Gasteiger partial charge on any atom is -0.394 e. The van der Waals surface area contributed by atoms with Gasteiger partial charge >= 0.3 is 0 Å². The van der Waals surface area contributed by atoms with E-state index in [-0.39, 0.29) is 23.0 Å². The molecule has 3 N–H and O–H groups in total. The number of benzene rings is 1. The van der Waals surface area contributed by atoms with Gasteiger partial charge in [0.15, 0.2) is 0 Å². The Morgan fingerprint density at radius 1 is 1.27 bits per heavy atom. The van der Waals surface area contributed by atoms with Gasteiger partial charge < -0.3 is 10.4 Å². The minimum absolute atomic E-state index is 0.0379. The molecule has 22 heavy (non-hydrogen) atoms. The fraction of sp³-hybridized carbons (Fsp3) is 0.533. The van der Waals surface area contributed by atoms with Crippen LogP contribution < -0.4 is 10.0 Å². The second-order valence-corrected chi connectivity index (χ2v) is 7.14. The van der Waals surface area contributed by atoms with Crippen LogP contribution in [0.4, 0.5) is 0 Å². The van der Waals surface area contributed by atoms with Gasteiger partial charge in [0.1, 0.15) is 0 Å². The van der Waals surface area contributed by atoms with Crippen LogP contribution in [0.25, 0.3) is 0 Å². The summed E-state index contributed by atoms with van der Waals surface area (Å²) in [6, 6.07) is 5.62. The van der Waals surface area contributed by atoms with Crippen LogP contribution in [-0.4, -0.2) is 38.6 Å². The second-order valence-electron chi connectivity index (χ2n) is 5.40. The molecular weight excluding hydrogens is 304 g/mol. The molecule has 7 heteroatoms. The highest BCUT2D eigenvalue weighted by molar-refractivity contribution is 7.89. The molecule has 0 aromatic heterocycles. The quantitative estimate of drug-likeness (QED) is 0.666. The monoisotopic (exact) mass is 328 g/mol. The summed E-state index contributed by atoms with van der Waals surface area (Å²) in [6.07, 6.45) is 0.660. The zero-order valence-corrected chi connectivity index (χ0v) is 14.0. The van der Waals surface area contributed by atoms with Gasteiger partial charge in [-0.3, -0.25) is 4.79 Å². The molecule has 0 bridgehead atoms. The number of aliphatic hydroxyl groups excluding tert-OH is 1. The number of rotatable bonds is 8. The normalized spacial score (nSPS) is 13.1. The number of amides is 1. The van der Waals surface area contributed by atoms with E-state index in [2.05, 4.69) is 10.0 Å². The Hall–Kier alpha value is -1.44. The third kappa shape index (κ3) is 4.79. The number of sulfonamides is 1. The summed E-state index contributed by atoms with van der Waals surface area (Å²) in [5.74, 6) is -0.471. The first-order valence-corrected chi connectivity index (χ1v) is 8.82. The summed E-state index contributed by atoms with van der Waals surface area (Å²) in [6.45, 7) is 5.70. The Morgan fingerprint density at radius 2 is 1.91 bits per heavy atom. The van der Waals surface area contributed by atoms with Gasteiger partial charge in [0.05, 0.1) is 23.1 Å². The first-order chi connectivity index (χ1) is 10.3. The van der Waals surface area contributed by atoms with Crippen LogP contribution in [0.2, 0.25) is 0 Å². The van der Waals surface area contributed by atoms with Gasteiger partial charge in [0.2, 0.25) is 10.0 Å².